The van der Waals surface area contributed by atoms with Crippen LogP contribution in [0.3, 0.4) is 0 Å². The second kappa shape index (κ2) is 9.72. The summed E-state index contributed by atoms with van der Waals surface area (Å²) in [4.78, 5) is 20.9. The van der Waals surface area contributed by atoms with Crippen LogP contribution in [0.1, 0.15) is 36.1 Å². The fraction of sp³-hybridized carbons (Fsp3) is 0.407. The van der Waals surface area contributed by atoms with Crippen LogP contribution in [0, 0.1) is 18.3 Å². The van der Waals surface area contributed by atoms with Gasteiger partial charge in [0.15, 0.2) is 0 Å². The van der Waals surface area contributed by atoms with Crippen LogP contribution in [0.15, 0.2) is 34.9 Å². The topological polar surface area (TPSA) is 116 Å². The molecule has 36 heavy (non-hydrogen) atoms. The van der Waals surface area contributed by atoms with Crippen molar-refractivity contribution in [3.8, 4) is 34.7 Å². The van der Waals surface area contributed by atoms with E-state index < -0.39 is 0 Å². The lowest BCUT2D eigenvalue weighted by molar-refractivity contribution is -0.142. The van der Waals surface area contributed by atoms with E-state index in [0.29, 0.717) is 54.8 Å². The molecule has 0 radical (unpaired) electrons. The molecule has 2 aromatic carbocycles. The summed E-state index contributed by atoms with van der Waals surface area (Å²) in [6.07, 6.45) is 0.416. The second-order valence-corrected chi connectivity index (χ2v) is 9.70. The van der Waals surface area contributed by atoms with E-state index in [9.17, 15) is 15.2 Å². The average Bonchev–Trinajstić information content (AvgIpc) is 3.32. The van der Waals surface area contributed by atoms with Crippen LogP contribution in [0.4, 0.5) is 0 Å². The molecule has 0 bridgehead atoms. The van der Waals surface area contributed by atoms with Crippen LogP contribution in [0.5, 0.6) is 5.75 Å². The maximum atomic E-state index is 12.4. The first-order chi connectivity index (χ1) is 17.3. The third-order valence-electron chi connectivity index (χ3n) is 6.72. The molecule has 0 atom stereocenters. The summed E-state index contributed by atoms with van der Waals surface area (Å²) >= 11 is 0. The predicted molar refractivity (Wildman–Crippen MR) is 132 cm³/mol. The summed E-state index contributed by atoms with van der Waals surface area (Å²) < 4.78 is 11.3. The highest BCUT2D eigenvalue weighted by molar-refractivity contribution is 5.79. The minimum absolute atomic E-state index is 0.0351. The Bertz CT molecular complexity index is 1340. The summed E-state index contributed by atoms with van der Waals surface area (Å²) in [5.41, 5.74) is 5.54. The number of aromatic nitrogens is 2. The lowest BCUT2D eigenvalue weighted by Gasteiger charge is -2.38. The third kappa shape index (κ3) is 4.70. The molecule has 0 aliphatic carbocycles. The van der Waals surface area contributed by atoms with E-state index in [4.69, 9.17) is 9.26 Å². The number of ether oxygens (including phenoxy) is 1. The molecule has 1 saturated heterocycles. The molecule has 9 nitrogen and oxygen atoms in total. The van der Waals surface area contributed by atoms with Crippen molar-refractivity contribution in [2.45, 2.75) is 45.9 Å². The van der Waals surface area contributed by atoms with Gasteiger partial charge in [0.25, 0.3) is 5.89 Å². The number of amides is 1. The monoisotopic (exact) mass is 487 g/mol. The van der Waals surface area contributed by atoms with E-state index >= 15 is 0 Å². The molecule has 3 heterocycles. The van der Waals surface area contributed by atoms with Crippen molar-refractivity contribution in [3.63, 3.8) is 0 Å². The lowest BCUT2D eigenvalue weighted by atomic mass is 9.91. The van der Waals surface area contributed by atoms with Crippen LogP contribution >= 0.6 is 0 Å². The number of β-amino-alcohol motifs (C(OH)–C–C–N with tert-alkyl or cyclic N) is 1. The standard InChI is InChI=1S/C27H29N5O4/c1-16(2)35-24-7-5-18(10-20(24)11-28)27-29-26(30-36-27)23-6-4-19-12-31(9-8-22(19)17(23)3)15-25(34)32-13-21(33)14-32/h4-7,10,16,21,33H,8-9,12-15H2,1-3H3. The number of nitrogens with zero attached hydrogens (tertiary/aromatic N) is 5. The zero-order valence-electron chi connectivity index (χ0n) is 20.7. The average molecular weight is 488 g/mol. The summed E-state index contributed by atoms with van der Waals surface area (Å²) in [7, 11) is 0. The molecule has 2 aliphatic rings. The molecule has 0 unspecified atom stereocenters. The molecule has 186 valence electrons. The Hall–Kier alpha value is -3.74. The smallest absolute Gasteiger partial charge is 0.258 e. The fourth-order valence-corrected chi connectivity index (χ4v) is 4.78. The van der Waals surface area contributed by atoms with Gasteiger partial charge in [-0.05, 0) is 62.1 Å². The number of benzene rings is 2. The first-order valence-electron chi connectivity index (χ1n) is 12.2. The van der Waals surface area contributed by atoms with Crippen molar-refractivity contribution in [3.05, 3.63) is 52.6 Å². The van der Waals surface area contributed by atoms with Gasteiger partial charge in [-0.3, -0.25) is 9.69 Å². The molecule has 0 spiro atoms. The van der Waals surface area contributed by atoms with Crippen LogP contribution < -0.4 is 4.74 Å². The van der Waals surface area contributed by atoms with Crippen molar-refractivity contribution in [1.82, 2.24) is 19.9 Å². The van der Waals surface area contributed by atoms with Gasteiger partial charge in [-0.1, -0.05) is 17.3 Å². The molecule has 1 fully saturated rings. The fourth-order valence-electron chi connectivity index (χ4n) is 4.78. The number of carbonyl (C=O) groups is 1. The summed E-state index contributed by atoms with van der Waals surface area (Å²) in [6, 6.07) is 11.5. The number of aliphatic hydroxyl groups excluding tert-OH is 1. The van der Waals surface area contributed by atoms with Gasteiger partial charge < -0.3 is 19.3 Å². The lowest BCUT2D eigenvalue weighted by Crippen LogP contribution is -2.56. The molecule has 1 aromatic heterocycles. The summed E-state index contributed by atoms with van der Waals surface area (Å²) in [6.45, 7) is 8.63. The van der Waals surface area contributed by atoms with E-state index in [0.717, 1.165) is 24.1 Å². The van der Waals surface area contributed by atoms with Gasteiger partial charge in [-0.2, -0.15) is 10.2 Å². The number of aliphatic hydroxyl groups is 1. The zero-order chi connectivity index (χ0) is 25.4. The number of nitriles is 1. The molecule has 9 heteroatoms. The second-order valence-electron chi connectivity index (χ2n) is 9.70. The summed E-state index contributed by atoms with van der Waals surface area (Å²) in [5.74, 6) is 1.44. The first-order valence-corrected chi connectivity index (χ1v) is 12.2. The maximum absolute atomic E-state index is 12.4. The Morgan fingerprint density at radius 1 is 1.31 bits per heavy atom. The zero-order valence-corrected chi connectivity index (χ0v) is 20.7. The number of fused-ring (bicyclic) bond motifs is 1. The number of rotatable bonds is 6. The minimum atomic E-state index is -0.380. The normalized spacial score (nSPS) is 15.9. The van der Waals surface area contributed by atoms with Crippen LogP contribution in [-0.4, -0.2) is 69.3 Å². The SMILES string of the molecule is Cc1c(-c2noc(-c3ccc(OC(C)C)c(C#N)c3)n2)ccc2c1CCN(CC(=O)N1CC(O)C1)C2. The summed E-state index contributed by atoms with van der Waals surface area (Å²) in [5, 5.41) is 23.2. The number of likely N-dealkylation sites (tertiary alicyclic amines) is 1. The van der Waals surface area contributed by atoms with Crippen molar-refractivity contribution in [2.75, 3.05) is 26.2 Å². The van der Waals surface area contributed by atoms with Gasteiger partial charge in [0, 0.05) is 37.3 Å². The number of carbonyl (C=O) groups excluding carboxylic acids is 1. The quantitative estimate of drug-likeness (QED) is 0.564. The highest BCUT2D eigenvalue weighted by Crippen LogP contribution is 2.32. The molecule has 5 rings (SSSR count). The van der Waals surface area contributed by atoms with Crippen LogP contribution in [0.2, 0.25) is 0 Å². The van der Waals surface area contributed by atoms with Gasteiger partial charge in [0.2, 0.25) is 11.7 Å². The molecular weight excluding hydrogens is 458 g/mol. The van der Waals surface area contributed by atoms with Crippen molar-refractivity contribution in [2.24, 2.45) is 0 Å². The van der Waals surface area contributed by atoms with E-state index in [-0.39, 0.29) is 18.1 Å². The van der Waals surface area contributed by atoms with Gasteiger partial charge in [0.05, 0.1) is 24.3 Å². The van der Waals surface area contributed by atoms with E-state index in [2.05, 4.69) is 34.1 Å². The highest BCUT2D eigenvalue weighted by Gasteiger charge is 2.30. The Kier molecular flexibility index (Phi) is 6.48. The van der Waals surface area contributed by atoms with Crippen LogP contribution in [0.25, 0.3) is 22.8 Å². The van der Waals surface area contributed by atoms with Crippen LogP contribution in [-0.2, 0) is 17.8 Å². The molecule has 1 amide bonds. The Balaban J connectivity index is 1.33. The van der Waals surface area contributed by atoms with E-state index in [1.807, 2.05) is 26.0 Å². The van der Waals surface area contributed by atoms with Gasteiger partial charge >= 0.3 is 0 Å². The Morgan fingerprint density at radius 3 is 2.83 bits per heavy atom. The minimum Gasteiger partial charge on any atom is -0.490 e. The van der Waals surface area contributed by atoms with Gasteiger partial charge in [-0.25, -0.2) is 0 Å². The molecule has 3 aromatic rings. The maximum Gasteiger partial charge on any atom is 0.258 e. The van der Waals surface area contributed by atoms with Crippen molar-refractivity contribution < 1.29 is 19.2 Å². The number of hydrogen-bond acceptors (Lipinski definition) is 8. The van der Waals surface area contributed by atoms with Gasteiger partial charge in [0.1, 0.15) is 11.8 Å². The Morgan fingerprint density at radius 2 is 2.11 bits per heavy atom. The molecule has 0 saturated carbocycles. The van der Waals surface area contributed by atoms with Crippen molar-refractivity contribution >= 4 is 5.91 Å². The first kappa shape index (κ1) is 24.0. The largest absolute Gasteiger partial charge is 0.490 e. The van der Waals surface area contributed by atoms with E-state index in [1.54, 1.807) is 17.0 Å². The molecular formula is C27H29N5O4. The predicted octanol–water partition coefficient (Wildman–Crippen LogP) is 2.93. The van der Waals surface area contributed by atoms with Gasteiger partial charge in [-0.15, -0.1) is 0 Å². The third-order valence-corrected chi connectivity index (χ3v) is 6.72. The highest BCUT2D eigenvalue weighted by atomic mass is 16.5. The molecule has 2 aliphatic heterocycles. The van der Waals surface area contributed by atoms with E-state index in [1.165, 1.54) is 11.1 Å². The van der Waals surface area contributed by atoms with Crippen molar-refractivity contribution in [1.29, 1.82) is 5.26 Å². The number of hydrogen-bond donors (Lipinski definition) is 1. The molecule has 1 N–H and O–H groups in total. The Labute approximate surface area is 209 Å².